The molecule has 0 aliphatic rings. The Balaban J connectivity index is 3.46. The molecule has 0 radical (unpaired) electrons. The van der Waals surface area contributed by atoms with Gasteiger partial charge in [-0.3, -0.25) is 0 Å². The summed E-state index contributed by atoms with van der Waals surface area (Å²) >= 11 is 0. The highest BCUT2D eigenvalue weighted by atomic mass is 35.7. The normalized spacial score (nSPS) is 13.4. The van der Waals surface area contributed by atoms with E-state index in [2.05, 4.69) is 6.58 Å². The van der Waals surface area contributed by atoms with Crippen molar-refractivity contribution >= 4 is 29.8 Å². The summed E-state index contributed by atoms with van der Waals surface area (Å²) in [5.74, 6) is 0. The molecule has 1 aromatic carbocycles. The zero-order chi connectivity index (χ0) is 16.5. The molecule has 0 aliphatic heterocycles. The van der Waals surface area contributed by atoms with Crippen LogP contribution in [-0.4, -0.2) is 33.2 Å². The highest BCUT2D eigenvalue weighted by Gasteiger charge is 2.33. The van der Waals surface area contributed by atoms with Crippen LogP contribution in [0.25, 0.3) is 0 Å². The lowest BCUT2D eigenvalue weighted by Crippen LogP contribution is -2.45. The standard InChI is InChI=1S/C13H18ClNO4S2/c1-5-9-15(13(2,3)4)21(18,19)12-8-6-7-11(10-12)20(14,16)17/h5-8,10H,1,9H2,2-4H3. The van der Waals surface area contributed by atoms with E-state index in [1.54, 1.807) is 20.8 Å². The fraction of sp³-hybridized carbons (Fsp3) is 0.385. The van der Waals surface area contributed by atoms with E-state index >= 15 is 0 Å². The molecule has 1 rings (SSSR count). The van der Waals surface area contributed by atoms with Crippen LogP contribution in [0.2, 0.25) is 0 Å². The second kappa shape index (κ2) is 6.08. The van der Waals surface area contributed by atoms with Crippen molar-refractivity contribution in [1.29, 1.82) is 0 Å². The minimum Gasteiger partial charge on any atom is -0.207 e. The van der Waals surface area contributed by atoms with E-state index in [1.165, 1.54) is 28.6 Å². The molecule has 0 saturated heterocycles. The summed E-state index contributed by atoms with van der Waals surface area (Å²) in [6, 6.07) is 4.98. The molecular weight excluding hydrogens is 334 g/mol. The van der Waals surface area contributed by atoms with Gasteiger partial charge in [-0.05, 0) is 39.0 Å². The van der Waals surface area contributed by atoms with Crippen molar-refractivity contribution < 1.29 is 16.8 Å². The average molecular weight is 352 g/mol. The van der Waals surface area contributed by atoms with Crippen molar-refractivity contribution in [3.05, 3.63) is 36.9 Å². The van der Waals surface area contributed by atoms with Crippen LogP contribution in [0, 0.1) is 0 Å². The van der Waals surface area contributed by atoms with E-state index < -0.39 is 24.6 Å². The fourth-order valence-corrected chi connectivity index (χ4v) is 4.44. The molecule has 0 bridgehead atoms. The third-order valence-electron chi connectivity index (χ3n) is 2.72. The van der Waals surface area contributed by atoms with Gasteiger partial charge in [-0.1, -0.05) is 12.1 Å². The molecule has 0 fully saturated rings. The second-order valence-corrected chi connectivity index (χ2v) is 9.84. The second-order valence-electron chi connectivity index (χ2n) is 5.41. The lowest BCUT2D eigenvalue weighted by molar-refractivity contribution is 0.270. The van der Waals surface area contributed by atoms with Crippen LogP contribution in [0.3, 0.4) is 0 Å². The molecule has 118 valence electrons. The predicted octanol–water partition coefficient (Wildman–Crippen LogP) is 2.59. The first kappa shape index (κ1) is 18.2. The molecule has 8 heteroatoms. The zero-order valence-corrected chi connectivity index (χ0v) is 14.5. The first-order valence-electron chi connectivity index (χ1n) is 6.09. The molecule has 0 amide bonds. The van der Waals surface area contributed by atoms with Gasteiger partial charge in [-0.25, -0.2) is 16.8 Å². The maximum Gasteiger partial charge on any atom is 0.261 e. The third kappa shape index (κ3) is 4.29. The Morgan fingerprint density at radius 1 is 1.19 bits per heavy atom. The molecule has 0 unspecified atom stereocenters. The van der Waals surface area contributed by atoms with Gasteiger partial charge in [0, 0.05) is 22.8 Å². The summed E-state index contributed by atoms with van der Waals surface area (Å²) in [5, 5.41) is 0. The smallest absolute Gasteiger partial charge is 0.207 e. The lowest BCUT2D eigenvalue weighted by Gasteiger charge is -2.33. The van der Waals surface area contributed by atoms with Gasteiger partial charge in [0.25, 0.3) is 9.05 Å². The molecule has 5 nitrogen and oxygen atoms in total. The minimum atomic E-state index is -3.99. The number of benzene rings is 1. The molecule has 1 aromatic rings. The summed E-state index contributed by atoms with van der Waals surface area (Å²) in [5.41, 5.74) is -0.678. The maximum atomic E-state index is 12.7. The minimum absolute atomic E-state index is 0.115. The van der Waals surface area contributed by atoms with Crippen LogP contribution in [0.4, 0.5) is 0 Å². The average Bonchev–Trinajstić information content (AvgIpc) is 2.33. The molecule has 0 heterocycles. The highest BCUT2D eigenvalue weighted by molar-refractivity contribution is 8.13. The Labute approximate surface area is 130 Å². The number of nitrogens with zero attached hydrogens (tertiary/aromatic N) is 1. The molecule has 0 aliphatic carbocycles. The van der Waals surface area contributed by atoms with Gasteiger partial charge in [0.15, 0.2) is 0 Å². The molecule has 0 aromatic heterocycles. The highest BCUT2D eigenvalue weighted by Crippen LogP contribution is 2.26. The van der Waals surface area contributed by atoms with E-state index in [1.807, 2.05) is 0 Å². The van der Waals surface area contributed by atoms with Gasteiger partial charge in [0.1, 0.15) is 0 Å². The fourth-order valence-electron chi connectivity index (χ4n) is 1.76. The summed E-state index contributed by atoms with van der Waals surface area (Å²) in [6.07, 6.45) is 1.48. The first-order valence-corrected chi connectivity index (χ1v) is 9.84. The Morgan fingerprint density at radius 2 is 1.71 bits per heavy atom. The SMILES string of the molecule is C=CCN(C(C)(C)C)S(=O)(=O)c1cccc(S(=O)(=O)Cl)c1. The van der Waals surface area contributed by atoms with Crippen LogP contribution < -0.4 is 0 Å². The Kier molecular flexibility index (Phi) is 5.26. The lowest BCUT2D eigenvalue weighted by atomic mass is 10.1. The van der Waals surface area contributed by atoms with Gasteiger partial charge in [-0.15, -0.1) is 6.58 Å². The van der Waals surface area contributed by atoms with E-state index in [0.29, 0.717) is 0 Å². The van der Waals surface area contributed by atoms with E-state index in [9.17, 15) is 16.8 Å². The van der Waals surface area contributed by atoms with Crippen molar-refractivity contribution in [1.82, 2.24) is 4.31 Å². The molecule has 0 N–H and O–H groups in total. The topological polar surface area (TPSA) is 71.5 Å². The predicted molar refractivity (Wildman–Crippen MR) is 83.3 cm³/mol. The quantitative estimate of drug-likeness (QED) is 0.603. The van der Waals surface area contributed by atoms with E-state index in [-0.39, 0.29) is 16.3 Å². The van der Waals surface area contributed by atoms with Gasteiger partial charge in [0.05, 0.1) is 9.79 Å². The molecule has 0 saturated carbocycles. The summed E-state index contributed by atoms with van der Waals surface area (Å²) < 4.78 is 49.3. The van der Waals surface area contributed by atoms with Crippen LogP contribution in [-0.2, 0) is 19.1 Å². The first-order chi connectivity index (χ1) is 9.40. The maximum absolute atomic E-state index is 12.7. The van der Waals surface area contributed by atoms with Crippen molar-refractivity contribution in [3.8, 4) is 0 Å². The monoisotopic (exact) mass is 351 g/mol. The number of sulfonamides is 1. The number of rotatable bonds is 5. The van der Waals surface area contributed by atoms with Crippen LogP contribution >= 0.6 is 10.7 Å². The summed E-state index contributed by atoms with van der Waals surface area (Å²) in [6.45, 7) is 8.91. The number of hydrogen-bond donors (Lipinski definition) is 0. The van der Waals surface area contributed by atoms with Gasteiger partial charge >= 0.3 is 0 Å². The number of hydrogen-bond acceptors (Lipinski definition) is 4. The zero-order valence-electron chi connectivity index (χ0n) is 12.1. The van der Waals surface area contributed by atoms with E-state index in [0.717, 1.165) is 6.07 Å². The molecule has 0 atom stereocenters. The number of halogens is 1. The van der Waals surface area contributed by atoms with E-state index in [4.69, 9.17) is 10.7 Å². The largest absolute Gasteiger partial charge is 0.261 e. The van der Waals surface area contributed by atoms with Gasteiger partial charge in [-0.2, -0.15) is 4.31 Å². The summed E-state index contributed by atoms with van der Waals surface area (Å²) in [7, 11) is -2.60. The Hall–Kier alpha value is -0.890. The van der Waals surface area contributed by atoms with Crippen molar-refractivity contribution in [2.45, 2.75) is 36.1 Å². The molecule has 21 heavy (non-hydrogen) atoms. The van der Waals surface area contributed by atoms with Crippen LogP contribution in [0.15, 0.2) is 46.7 Å². The van der Waals surface area contributed by atoms with Crippen molar-refractivity contribution in [2.24, 2.45) is 0 Å². The molecular formula is C13H18ClNO4S2. The van der Waals surface area contributed by atoms with Crippen molar-refractivity contribution in [2.75, 3.05) is 6.54 Å². The van der Waals surface area contributed by atoms with Gasteiger partial charge in [0.2, 0.25) is 10.0 Å². The van der Waals surface area contributed by atoms with Crippen molar-refractivity contribution in [3.63, 3.8) is 0 Å². The third-order valence-corrected chi connectivity index (χ3v) is 6.20. The van der Waals surface area contributed by atoms with Crippen LogP contribution in [0.1, 0.15) is 20.8 Å². The Bertz CT molecular complexity index is 734. The van der Waals surface area contributed by atoms with Gasteiger partial charge < -0.3 is 0 Å². The van der Waals surface area contributed by atoms with Crippen LogP contribution in [0.5, 0.6) is 0 Å². The summed E-state index contributed by atoms with van der Waals surface area (Å²) in [4.78, 5) is -0.376. The Morgan fingerprint density at radius 3 is 2.14 bits per heavy atom. The molecule has 0 spiro atoms.